The third-order valence-electron chi connectivity index (χ3n) is 7.14. The summed E-state index contributed by atoms with van der Waals surface area (Å²) in [5.41, 5.74) is 0.832. The number of amides is 1. The van der Waals surface area contributed by atoms with E-state index in [0.717, 1.165) is 24.3 Å². The molecule has 0 saturated heterocycles. The largest absolute Gasteiger partial charge is 0.494 e. The Morgan fingerprint density at radius 1 is 1.29 bits per heavy atom. The zero-order valence-corrected chi connectivity index (χ0v) is 16.6. The molecule has 7 heteroatoms. The predicted octanol–water partition coefficient (Wildman–Crippen LogP) is 2.71. The van der Waals surface area contributed by atoms with Crippen molar-refractivity contribution >= 4 is 17.3 Å². The molecule has 4 aliphatic carbocycles. The van der Waals surface area contributed by atoms with E-state index in [9.17, 15) is 14.9 Å². The summed E-state index contributed by atoms with van der Waals surface area (Å²) in [7, 11) is 1.44. The van der Waals surface area contributed by atoms with Gasteiger partial charge in [-0.15, -0.1) is 0 Å². The number of nitrogens with two attached hydrogens (primary N) is 1. The Kier molecular flexibility index (Phi) is 5.04. The van der Waals surface area contributed by atoms with Crippen molar-refractivity contribution in [1.29, 1.82) is 0 Å². The summed E-state index contributed by atoms with van der Waals surface area (Å²) < 4.78 is 5.21. The van der Waals surface area contributed by atoms with Gasteiger partial charge in [0, 0.05) is 11.5 Å². The summed E-state index contributed by atoms with van der Waals surface area (Å²) in [6.07, 6.45) is 8.28. The Labute approximate surface area is 165 Å². The predicted molar refractivity (Wildman–Crippen MR) is 105 cm³/mol. The summed E-state index contributed by atoms with van der Waals surface area (Å²) in [5, 5.41) is 16.0. The summed E-state index contributed by atoms with van der Waals surface area (Å²) in [6, 6.07) is 4.02. The molecule has 28 heavy (non-hydrogen) atoms. The number of hydrogen-bond donors (Lipinski definition) is 2. The van der Waals surface area contributed by atoms with E-state index >= 15 is 0 Å². The van der Waals surface area contributed by atoms with E-state index in [1.54, 1.807) is 0 Å². The lowest BCUT2D eigenvalue weighted by Crippen LogP contribution is -2.94. The highest BCUT2D eigenvalue weighted by Gasteiger charge is 2.51. The molecule has 3 N–H and O–H groups in total. The highest BCUT2D eigenvalue weighted by molar-refractivity contribution is 5.95. The molecule has 4 saturated carbocycles. The van der Waals surface area contributed by atoms with Gasteiger partial charge in [-0.25, -0.2) is 0 Å². The van der Waals surface area contributed by atoms with Crippen molar-refractivity contribution in [2.45, 2.75) is 51.5 Å². The van der Waals surface area contributed by atoms with Gasteiger partial charge in [0.1, 0.15) is 5.75 Å². The van der Waals surface area contributed by atoms with Crippen molar-refractivity contribution in [3.63, 3.8) is 0 Å². The van der Waals surface area contributed by atoms with Crippen LogP contribution in [0.4, 0.5) is 11.4 Å². The molecule has 0 unspecified atom stereocenters. The highest BCUT2D eigenvalue weighted by Crippen LogP contribution is 2.59. The second kappa shape index (κ2) is 7.35. The van der Waals surface area contributed by atoms with Gasteiger partial charge >= 0.3 is 0 Å². The number of quaternary nitrogens is 1. The van der Waals surface area contributed by atoms with Crippen LogP contribution in [-0.4, -0.2) is 30.5 Å². The third-order valence-corrected chi connectivity index (χ3v) is 7.14. The molecule has 4 aliphatic rings. The van der Waals surface area contributed by atoms with Gasteiger partial charge in [-0.1, -0.05) is 0 Å². The van der Waals surface area contributed by atoms with Crippen LogP contribution in [0.25, 0.3) is 0 Å². The average Bonchev–Trinajstić information content (AvgIpc) is 2.65. The summed E-state index contributed by atoms with van der Waals surface area (Å²) in [5.74, 6) is 2.93. The first-order valence-corrected chi connectivity index (χ1v) is 10.3. The number of hydrogen-bond acceptors (Lipinski definition) is 4. The minimum Gasteiger partial charge on any atom is -0.494 e. The molecule has 1 atom stereocenters. The van der Waals surface area contributed by atoms with Crippen molar-refractivity contribution in [3.8, 4) is 5.75 Å². The van der Waals surface area contributed by atoms with Crippen LogP contribution in [-0.2, 0) is 4.79 Å². The van der Waals surface area contributed by atoms with E-state index in [0.29, 0.717) is 16.9 Å². The number of nitrogens with one attached hydrogen (secondary N) is 1. The quantitative estimate of drug-likeness (QED) is 0.554. The molecule has 0 radical (unpaired) electrons. The fourth-order valence-corrected chi connectivity index (χ4v) is 6.22. The number of anilines is 1. The van der Waals surface area contributed by atoms with Crippen molar-refractivity contribution in [2.75, 3.05) is 19.0 Å². The maximum absolute atomic E-state index is 12.7. The van der Waals surface area contributed by atoms with Gasteiger partial charge in [0.05, 0.1) is 30.3 Å². The normalized spacial score (nSPS) is 31.4. The first kappa shape index (κ1) is 19.2. The summed E-state index contributed by atoms with van der Waals surface area (Å²) in [4.78, 5) is 23.1. The minimum absolute atomic E-state index is 0.0590. The maximum atomic E-state index is 12.7. The van der Waals surface area contributed by atoms with Crippen LogP contribution in [0.3, 0.4) is 0 Å². The van der Waals surface area contributed by atoms with Crippen LogP contribution in [0.15, 0.2) is 18.2 Å². The smallest absolute Gasteiger partial charge is 0.282 e. The highest BCUT2D eigenvalue weighted by atomic mass is 16.6. The minimum atomic E-state index is -0.476. The molecular formula is C21H30N3O4+. The molecule has 0 aliphatic heterocycles. The lowest BCUT2D eigenvalue weighted by atomic mass is 9.49. The number of methoxy groups -OCH3 is 1. The van der Waals surface area contributed by atoms with Crippen molar-refractivity contribution in [1.82, 2.24) is 0 Å². The Bertz CT molecular complexity index is 744. The van der Waals surface area contributed by atoms with E-state index in [4.69, 9.17) is 4.74 Å². The molecule has 0 aromatic heterocycles. The number of nitro groups is 1. The zero-order chi connectivity index (χ0) is 19.9. The number of carbonyl (C=O) groups excluding carboxylic acids is 1. The van der Waals surface area contributed by atoms with E-state index in [1.807, 2.05) is 6.92 Å². The van der Waals surface area contributed by atoms with Crippen LogP contribution in [0.1, 0.15) is 45.4 Å². The fraction of sp³-hybridized carbons (Fsp3) is 0.667. The van der Waals surface area contributed by atoms with Crippen molar-refractivity contribution < 1.29 is 19.8 Å². The summed E-state index contributed by atoms with van der Waals surface area (Å²) >= 11 is 0. The van der Waals surface area contributed by atoms with Crippen LogP contribution in [0.5, 0.6) is 5.75 Å². The van der Waals surface area contributed by atoms with Gasteiger partial charge in [-0.05, 0) is 69.3 Å². The molecule has 0 spiro atoms. The molecule has 1 aromatic carbocycles. The lowest BCUT2D eigenvalue weighted by molar-refractivity contribution is -0.686. The second-order valence-electron chi connectivity index (χ2n) is 9.28. The van der Waals surface area contributed by atoms with Gasteiger partial charge < -0.3 is 15.4 Å². The number of benzene rings is 1. The number of non-ortho nitro benzene ring substituents is 1. The van der Waals surface area contributed by atoms with E-state index in [2.05, 4.69) is 10.6 Å². The Morgan fingerprint density at radius 3 is 2.43 bits per heavy atom. The number of nitrogens with zero attached hydrogens (tertiary/aromatic N) is 1. The molecule has 5 rings (SSSR count). The van der Waals surface area contributed by atoms with E-state index in [1.165, 1.54) is 63.8 Å². The number of rotatable bonds is 7. The number of nitro benzene ring substituents is 1. The van der Waals surface area contributed by atoms with Crippen molar-refractivity contribution in [3.05, 3.63) is 28.3 Å². The maximum Gasteiger partial charge on any atom is 0.282 e. The van der Waals surface area contributed by atoms with Crippen LogP contribution in [0, 0.1) is 33.3 Å². The fourth-order valence-electron chi connectivity index (χ4n) is 6.22. The number of ether oxygens (including phenoxy) is 1. The van der Waals surface area contributed by atoms with Gasteiger partial charge in [0.25, 0.3) is 11.6 Å². The van der Waals surface area contributed by atoms with Crippen LogP contribution >= 0.6 is 0 Å². The van der Waals surface area contributed by atoms with Crippen molar-refractivity contribution in [2.24, 2.45) is 23.2 Å². The first-order valence-electron chi connectivity index (χ1n) is 10.3. The van der Waals surface area contributed by atoms with Gasteiger partial charge in [-0.2, -0.15) is 0 Å². The first-order chi connectivity index (χ1) is 13.4. The Balaban J connectivity index is 1.36. The average molecular weight is 388 g/mol. The van der Waals surface area contributed by atoms with Crippen LogP contribution in [0.2, 0.25) is 0 Å². The van der Waals surface area contributed by atoms with Gasteiger partial charge in [-0.3, -0.25) is 14.9 Å². The molecule has 0 heterocycles. The topological polar surface area (TPSA) is 98.1 Å². The molecule has 1 amide bonds. The van der Waals surface area contributed by atoms with Gasteiger partial charge in [0.2, 0.25) is 0 Å². The Morgan fingerprint density at radius 2 is 1.89 bits per heavy atom. The molecular weight excluding hydrogens is 358 g/mol. The SMILES string of the molecule is COc1cc([N+](=O)[O-])ccc1NC(=O)[C@H](C)[NH2+]CC12CC3CC(CC(C3)C1)C2. The molecule has 152 valence electrons. The number of carbonyl (C=O) groups is 1. The third kappa shape index (κ3) is 3.72. The monoisotopic (exact) mass is 388 g/mol. The Hall–Kier alpha value is -2.15. The van der Waals surface area contributed by atoms with E-state index in [-0.39, 0.29) is 17.6 Å². The second-order valence-corrected chi connectivity index (χ2v) is 9.28. The zero-order valence-electron chi connectivity index (χ0n) is 16.6. The van der Waals surface area contributed by atoms with Crippen LogP contribution < -0.4 is 15.4 Å². The molecule has 4 bridgehead atoms. The lowest BCUT2D eigenvalue weighted by Gasteiger charge is -2.56. The molecule has 1 aromatic rings. The van der Waals surface area contributed by atoms with E-state index < -0.39 is 4.92 Å². The molecule has 7 nitrogen and oxygen atoms in total. The molecule has 4 fully saturated rings. The summed E-state index contributed by atoms with van der Waals surface area (Å²) in [6.45, 7) is 2.94. The van der Waals surface area contributed by atoms with Gasteiger partial charge in [0.15, 0.2) is 6.04 Å². The standard InChI is InChI=1S/C21H29N3O4/c1-13(20(25)23-18-4-3-17(24(26)27)8-19(18)28-2)22-12-21-9-14-5-15(10-21)7-16(6-14)11-21/h3-4,8,13-16,22H,5-7,9-12H2,1-2H3,(H,23,25)/p+1/t13-,14?,15?,16?,21?/m0/s1.